The van der Waals surface area contributed by atoms with E-state index in [9.17, 15) is 0 Å². The van der Waals surface area contributed by atoms with Crippen molar-refractivity contribution in [3.8, 4) is 44.6 Å². The van der Waals surface area contributed by atoms with Gasteiger partial charge in [0.1, 0.15) is 0 Å². The number of fused-ring (bicyclic) bond motifs is 15. The molecule has 12 rings (SSSR count). The minimum atomic E-state index is -0.393. The molecule has 1 aliphatic heterocycles. The van der Waals surface area contributed by atoms with Crippen molar-refractivity contribution in [1.82, 2.24) is 4.98 Å². The topological polar surface area (TPSA) is 16.1 Å². The lowest BCUT2D eigenvalue weighted by Crippen LogP contribution is -2.29. The smallest absolute Gasteiger partial charge is 0.0788 e. The number of benzene rings is 8. The second-order valence-corrected chi connectivity index (χ2v) is 16.3. The van der Waals surface area contributed by atoms with Gasteiger partial charge in [-0.15, -0.1) is 0 Å². The molecule has 276 valence electrons. The summed E-state index contributed by atoms with van der Waals surface area (Å²) in [4.78, 5) is 8.05. The molecule has 58 heavy (non-hydrogen) atoms. The molecule has 0 amide bonds. The van der Waals surface area contributed by atoms with Gasteiger partial charge in [-0.2, -0.15) is 0 Å². The molecule has 0 saturated carbocycles. The highest BCUT2D eigenvalue weighted by molar-refractivity contribution is 6.20. The van der Waals surface area contributed by atoms with E-state index in [-0.39, 0.29) is 0 Å². The van der Waals surface area contributed by atoms with Crippen molar-refractivity contribution in [2.45, 2.75) is 44.1 Å². The van der Waals surface area contributed by atoms with E-state index in [2.05, 4.69) is 201 Å². The molecule has 2 unspecified atom stereocenters. The van der Waals surface area contributed by atoms with Crippen molar-refractivity contribution in [3.05, 3.63) is 210 Å². The minimum Gasteiger partial charge on any atom is -0.338 e. The fourth-order valence-corrected chi connectivity index (χ4v) is 11.4. The molecule has 2 heterocycles. The second-order valence-electron chi connectivity index (χ2n) is 16.3. The van der Waals surface area contributed by atoms with E-state index >= 15 is 0 Å². The Morgan fingerprint density at radius 1 is 0.500 bits per heavy atom. The van der Waals surface area contributed by atoms with Crippen LogP contribution in [-0.4, -0.2) is 11.0 Å². The highest BCUT2D eigenvalue weighted by Gasteiger charge is 2.52. The largest absolute Gasteiger partial charge is 0.338 e. The zero-order chi connectivity index (χ0) is 38.5. The van der Waals surface area contributed by atoms with Crippen molar-refractivity contribution >= 4 is 33.1 Å². The Balaban J connectivity index is 1.03. The van der Waals surface area contributed by atoms with Crippen LogP contribution in [0.4, 0.5) is 11.4 Å². The summed E-state index contributed by atoms with van der Waals surface area (Å²) in [6, 6.07) is 68.5. The van der Waals surface area contributed by atoms with Gasteiger partial charge in [-0.25, -0.2) is 4.98 Å². The number of nitrogens with zero attached hydrogens (tertiary/aromatic N) is 2. The first-order valence-electron chi connectivity index (χ1n) is 20.9. The molecule has 9 aromatic rings. The van der Waals surface area contributed by atoms with Crippen LogP contribution in [0.15, 0.2) is 182 Å². The first kappa shape index (κ1) is 33.4. The number of anilines is 2. The minimum absolute atomic E-state index is 0.393. The molecule has 0 saturated heterocycles. The van der Waals surface area contributed by atoms with Crippen molar-refractivity contribution in [3.63, 3.8) is 0 Å². The Morgan fingerprint density at radius 2 is 1.14 bits per heavy atom. The zero-order valence-corrected chi connectivity index (χ0v) is 32.8. The Hall–Kier alpha value is -6.77. The van der Waals surface area contributed by atoms with Gasteiger partial charge in [-0.1, -0.05) is 166 Å². The SMILES string of the molecule is CCC1c2ccccc2N(c2ccc(-c3cccc(-c4nc5ccccc5c5c6c(ccc45)C4(c5ccccc5-c5ccccc54)c4ccccc4-6)c3)cc2)C1CC. The summed E-state index contributed by atoms with van der Waals surface area (Å²) in [6.07, 6.45) is 2.26. The highest BCUT2D eigenvalue weighted by atomic mass is 15.2. The lowest BCUT2D eigenvalue weighted by molar-refractivity contribution is 0.529. The molecule has 2 heteroatoms. The number of hydrogen-bond acceptors (Lipinski definition) is 2. The molecule has 0 fully saturated rings. The van der Waals surface area contributed by atoms with Gasteiger partial charge in [0.2, 0.25) is 0 Å². The fraction of sp³-hybridized carbons (Fsp3) is 0.125. The Labute approximate surface area is 340 Å². The third kappa shape index (κ3) is 4.41. The predicted octanol–water partition coefficient (Wildman–Crippen LogP) is 14.5. The monoisotopic (exact) mass is 742 g/mol. The van der Waals surface area contributed by atoms with Gasteiger partial charge >= 0.3 is 0 Å². The molecule has 8 aromatic carbocycles. The third-order valence-corrected chi connectivity index (χ3v) is 13.7. The van der Waals surface area contributed by atoms with Crippen LogP contribution in [-0.2, 0) is 5.41 Å². The van der Waals surface area contributed by atoms with Crippen LogP contribution in [0.3, 0.4) is 0 Å². The van der Waals surface area contributed by atoms with E-state index in [0.29, 0.717) is 12.0 Å². The molecule has 1 spiro atoms. The molecule has 0 radical (unpaired) electrons. The van der Waals surface area contributed by atoms with Gasteiger partial charge in [0.15, 0.2) is 0 Å². The number of para-hydroxylation sites is 2. The molecule has 2 aliphatic carbocycles. The van der Waals surface area contributed by atoms with Gasteiger partial charge in [0.05, 0.1) is 16.6 Å². The highest BCUT2D eigenvalue weighted by Crippen LogP contribution is 2.64. The van der Waals surface area contributed by atoms with E-state index in [0.717, 1.165) is 29.6 Å². The molecule has 2 atom stereocenters. The second kappa shape index (κ2) is 12.6. The standard InChI is InChI=1S/C56H42N2/c1-3-39-42-20-9-14-27-52(42)58(51(39)4-2)38-30-28-35(29-31-38)36-16-15-17-37(34-36)55-45-32-33-49-54(53(45)44-22-8-13-26-50(44)57-55)43-21-7-12-25-48(43)56(49)46-23-10-5-18-40(46)41-19-6-11-24-47(41)56/h5-34,39,51H,3-4H2,1-2H3. The third-order valence-electron chi connectivity index (χ3n) is 13.7. The summed E-state index contributed by atoms with van der Waals surface area (Å²) in [6.45, 7) is 4.66. The number of aromatic nitrogens is 1. The molecule has 3 aliphatic rings. The Bertz CT molecular complexity index is 3070. The summed E-state index contributed by atoms with van der Waals surface area (Å²) in [7, 11) is 0. The van der Waals surface area contributed by atoms with Gasteiger partial charge in [-0.05, 0) is 104 Å². The van der Waals surface area contributed by atoms with Crippen molar-refractivity contribution in [1.29, 1.82) is 0 Å². The first-order chi connectivity index (χ1) is 28.7. The van der Waals surface area contributed by atoms with Crippen molar-refractivity contribution in [2.75, 3.05) is 4.90 Å². The van der Waals surface area contributed by atoms with E-state index in [4.69, 9.17) is 4.98 Å². The zero-order valence-electron chi connectivity index (χ0n) is 32.8. The van der Waals surface area contributed by atoms with Crippen LogP contribution in [0.25, 0.3) is 66.3 Å². The number of pyridine rings is 1. The Morgan fingerprint density at radius 3 is 1.88 bits per heavy atom. The van der Waals surface area contributed by atoms with E-state index < -0.39 is 5.41 Å². The summed E-state index contributed by atoms with van der Waals surface area (Å²) in [5.74, 6) is 0.548. The molecular weight excluding hydrogens is 701 g/mol. The summed E-state index contributed by atoms with van der Waals surface area (Å²) >= 11 is 0. The maximum atomic E-state index is 5.46. The number of hydrogen-bond donors (Lipinski definition) is 0. The maximum Gasteiger partial charge on any atom is 0.0788 e. The quantitative estimate of drug-likeness (QED) is 0.163. The molecule has 0 N–H and O–H groups in total. The molecule has 0 bridgehead atoms. The number of rotatable bonds is 5. The molecule has 1 aromatic heterocycles. The average molecular weight is 743 g/mol. The van der Waals surface area contributed by atoms with Crippen LogP contribution >= 0.6 is 0 Å². The predicted molar refractivity (Wildman–Crippen MR) is 242 cm³/mol. The van der Waals surface area contributed by atoms with Crippen LogP contribution < -0.4 is 4.90 Å². The van der Waals surface area contributed by atoms with Gasteiger partial charge in [-0.3, -0.25) is 0 Å². The summed E-state index contributed by atoms with van der Waals surface area (Å²) in [5.41, 5.74) is 20.0. The van der Waals surface area contributed by atoms with Gasteiger partial charge in [0, 0.05) is 45.1 Å². The van der Waals surface area contributed by atoms with Gasteiger partial charge < -0.3 is 4.90 Å². The van der Waals surface area contributed by atoms with E-state index in [1.54, 1.807) is 0 Å². The molecule has 2 nitrogen and oxygen atoms in total. The van der Waals surface area contributed by atoms with Crippen LogP contribution in [0.2, 0.25) is 0 Å². The van der Waals surface area contributed by atoms with Crippen molar-refractivity contribution in [2.24, 2.45) is 0 Å². The van der Waals surface area contributed by atoms with Gasteiger partial charge in [0.25, 0.3) is 0 Å². The van der Waals surface area contributed by atoms with E-state index in [1.807, 2.05) is 0 Å². The average Bonchev–Trinajstić information content (AvgIpc) is 3.90. The van der Waals surface area contributed by atoms with Crippen LogP contribution in [0.1, 0.15) is 60.4 Å². The lowest BCUT2D eigenvalue weighted by atomic mass is 9.70. The summed E-state index contributed by atoms with van der Waals surface area (Å²) in [5, 5.41) is 3.65. The lowest BCUT2D eigenvalue weighted by Gasteiger charge is -2.30. The van der Waals surface area contributed by atoms with E-state index in [1.165, 1.54) is 88.7 Å². The summed E-state index contributed by atoms with van der Waals surface area (Å²) < 4.78 is 0. The van der Waals surface area contributed by atoms with Crippen molar-refractivity contribution < 1.29 is 0 Å². The fourth-order valence-electron chi connectivity index (χ4n) is 11.4. The maximum absolute atomic E-state index is 5.46. The Kier molecular flexibility index (Phi) is 7.26. The first-order valence-corrected chi connectivity index (χ1v) is 20.9. The normalized spacial score (nSPS) is 16.7. The molecular formula is C56H42N2. The van der Waals surface area contributed by atoms with Crippen LogP contribution in [0.5, 0.6) is 0 Å². The van der Waals surface area contributed by atoms with Crippen LogP contribution in [0, 0.1) is 0 Å².